The number of anilines is 1. The van der Waals surface area contributed by atoms with E-state index in [1.165, 1.54) is 4.88 Å². The van der Waals surface area contributed by atoms with Crippen molar-refractivity contribution in [3.05, 3.63) is 45.0 Å². The maximum atomic E-state index is 6.12. The number of nitrogens with two attached hydrogens (primary N) is 1. The highest BCUT2D eigenvalue weighted by Gasteiger charge is 2.16. The van der Waals surface area contributed by atoms with Gasteiger partial charge in [0.1, 0.15) is 11.2 Å². The predicted octanol–water partition coefficient (Wildman–Crippen LogP) is 3.32. The minimum Gasteiger partial charge on any atom is -0.363 e. The third kappa shape index (κ3) is 3.54. The molecule has 0 fully saturated rings. The van der Waals surface area contributed by atoms with Crippen LogP contribution >= 0.6 is 22.9 Å². The van der Waals surface area contributed by atoms with Crippen molar-refractivity contribution >= 4 is 34.3 Å². The quantitative estimate of drug-likeness (QED) is 0.686. The first-order valence-electron chi connectivity index (χ1n) is 7.61. The van der Waals surface area contributed by atoms with E-state index < -0.39 is 0 Å². The van der Waals surface area contributed by atoms with E-state index in [0.29, 0.717) is 12.4 Å². The second kappa shape index (κ2) is 7.22. The van der Waals surface area contributed by atoms with Gasteiger partial charge in [0.25, 0.3) is 0 Å². The fourth-order valence-corrected chi connectivity index (χ4v) is 3.35. The lowest BCUT2D eigenvalue weighted by molar-refractivity contribution is 0.734. The molecular weight excluding hydrogens is 342 g/mol. The molecule has 124 valence electrons. The molecule has 0 radical (unpaired) electrons. The number of hydrogen-bond donors (Lipinski definition) is 2. The molecule has 0 aromatic carbocycles. The molecule has 0 bridgehead atoms. The van der Waals surface area contributed by atoms with Crippen molar-refractivity contribution in [3.8, 4) is 11.8 Å². The number of nitrogens with zero attached hydrogens (tertiary/aromatic N) is 3. The standard InChI is InChI=1S/C17H18ClN5S/c1-3-5-14-12(8-11(2)19)9-15-16(21-17(18)22-23(14)15)20-10-13-6-4-7-24-13/h4,6-7,9,11H,8,10,19H2,1-2H3,(H,20,21,22)/t11-/m0/s1. The smallest absolute Gasteiger partial charge is 0.243 e. The summed E-state index contributed by atoms with van der Waals surface area (Å²) in [6, 6.07) is 6.17. The Morgan fingerprint density at radius 3 is 3.00 bits per heavy atom. The Hall–Kier alpha value is -2.07. The van der Waals surface area contributed by atoms with Gasteiger partial charge in [0, 0.05) is 10.9 Å². The van der Waals surface area contributed by atoms with Gasteiger partial charge in [0.2, 0.25) is 5.28 Å². The molecule has 0 saturated heterocycles. The van der Waals surface area contributed by atoms with Gasteiger partial charge < -0.3 is 11.1 Å². The van der Waals surface area contributed by atoms with Crippen molar-refractivity contribution in [2.24, 2.45) is 5.73 Å². The number of fused-ring (bicyclic) bond motifs is 1. The first-order valence-corrected chi connectivity index (χ1v) is 8.87. The molecule has 3 rings (SSSR count). The van der Waals surface area contributed by atoms with Gasteiger partial charge in [-0.1, -0.05) is 12.0 Å². The van der Waals surface area contributed by atoms with E-state index in [1.54, 1.807) is 22.8 Å². The maximum absolute atomic E-state index is 6.12. The molecule has 0 amide bonds. The number of aromatic nitrogens is 3. The number of hydrogen-bond acceptors (Lipinski definition) is 5. The zero-order chi connectivity index (χ0) is 17.1. The van der Waals surface area contributed by atoms with Crippen molar-refractivity contribution in [2.45, 2.75) is 32.9 Å². The summed E-state index contributed by atoms with van der Waals surface area (Å²) in [5.74, 6) is 6.74. The average molecular weight is 360 g/mol. The summed E-state index contributed by atoms with van der Waals surface area (Å²) < 4.78 is 1.75. The number of nitrogens with one attached hydrogen (secondary N) is 1. The first kappa shape index (κ1) is 16.8. The zero-order valence-corrected chi connectivity index (χ0v) is 15.1. The molecule has 0 saturated carbocycles. The summed E-state index contributed by atoms with van der Waals surface area (Å²) in [5, 5.41) is 9.89. The van der Waals surface area contributed by atoms with Gasteiger partial charge in [-0.15, -0.1) is 16.4 Å². The van der Waals surface area contributed by atoms with E-state index in [4.69, 9.17) is 17.3 Å². The minimum atomic E-state index is 0.0331. The fourth-order valence-electron chi connectivity index (χ4n) is 2.55. The lowest BCUT2D eigenvalue weighted by atomic mass is 10.1. The Bertz CT molecular complexity index is 903. The predicted molar refractivity (Wildman–Crippen MR) is 99.5 cm³/mol. The van der Waals surface area contributed by atoms with Gasteiger partial charge in [0.15, 0.2) is 5.82 Å². The molecular formula is C17H18ClN5S. The highest BCUT2D eigenvalue weighted by molar-refractivity contribution is 7.09. The van der Waals surface area contributed by atoms with Crippen LogP contribution < -0.4 is 11.1 Å². The van der Waals surface area contributed by atoms with Crippen molar-refractivity contribution in [1.82, 2.24) is 14.6 Å². The number of rotatable bonds is 5. The topological polar surface area (TPSA) is 68.2 Å². The SMILES string of the molecule is CC#Cc1c(C[C@H](C)N)cc2c(NCc3cccs3)nc(Cl)nn12. The fraction of sp³-hybridized carbons (Fsp3) is 0.294. The summed E-state index contributed by atoms with van der Waals surface area (Å²) >= 11 is 7.81. The van der Waals surface area contributed by atoms with E-state index in [1.807, 2.05) is 24.4 Å². The van der Waals surface area contributed by atoms with Gasteiger partial charge in [-0.2, -0.15) is 4.98 Å². The first-order chi connectivity index (χ1) is 11.6. The molecule has 1 atom stereocenters. The van der Waals surface area contributed by atoms with Crippen molar-refractivity contribution < 1.29 is 0 Å². The molecule has 5 nitrogen and oxygen atoms in total. The summed E-state index contributed by atoms with van der Waals surface area (Å²) in [4.78, 5) is 5.56. The molecule has 0 unspecified atom stereocenters. The van der Waals surface area contributed by atoms with Gasteiger partial charge in [-0.25, -0.2) is 4.52 Å². The molecule has 0 aliphatic heterocycles. The van der Waals surface area contributed by atoms with Crippen LogP contribution in [-0.4, -0.2) is 20.6 Å². The van der Waals surface area contributed by atoms with Crippen LogP contribution in [0.2, 0.25) is 5.28 Å². The summed E-state index contributed by atoms with van der Waals surface area (Å²) in [6.45, 7) is 4.46. The molecule has 0 spiro atoms. The van der Waals surface area contributed by atoms with E-state index in [9.17, 15) is 0 Å². The molecule has 3 heterocycles. The van der Waals surface area contributed by atoms with Gasteiger partial charge in [-0.3, -0.25) is 0 Å². The van der Waals surface area contributed by atoms with Crippen LogP contribution in [0, 0.1) is 11.8 Å². The Morgan fingerprint density at radius 2 is 2.33 bits per heavy atom. The van der Waals surface area contributed by atoms with Gasteiger partial charge >= 0.3 is 0 Å². The largest absolute Gasteiger partial charge is 0.363 e. The second-order valence-electron chi connectivity index (χ2n) is 5.53. The van der Waals surface area contributed by atoms with Crippen molar-refractivity contribution in [1.29, 1.82) is 0 Å². The molecule has 0 aliphatic carbocycles. The maximum Gasteiger partial charge on any atom is 0.243 e. The van der Waals surface area contributed by atoms with Crippen LogP contribution in [0.1, 0.15) is 30.0 Å². The minimum absolute atomic E-state index is 0.0331. The van der Waals surface area contributed by atoms with Gasteiger partial charge in [-0.05, 0) is 60.9 Å². The lowest BCUT2D eigenvalue weighted by Crippen LogP contribution is -2.18. The Balaban J connectivity index is 2.06. The van der Waals surface area contributed by atoms with Crippen molar-refractivity contribution in [2.75, 3.05) is 5.32 Å². The molecule has 3 aromatic rings. The van der Waals surface area contributed by atoms with Crippen LogP contribution in [0.3, 0.4) is 0 Å². The molecule has 0 aliphatic rings. The average Bonchev–Trinajstić information content (AvgIpc) is 3.14. The van der Waals surface area contributed by atoms with Gasteiger partial charge in [0.05, 0.1) is 6.54 Å². The van der Waals surface area contributed by atoms with E-state index in [0.717, 1.165) is 23.2 Å². The summed E-state index contributed by atoms with van der Waals surface area (Å²) in [7, 11) is 0. The highest BCUT2D eigenvalue weighted by Crippen LogP contribution is 2.24. The summed E-state index contributed by atoms with van der Waals surface area (Å²) in [6.07, 6.45) is 0.718. The Morgan fingerprint density at radius 1 is 1.50 bits per heavy atom. The molecule has 24 heavy (non-hydrogen) atoms. The molecule has 3 aromatic heterocycles. The third-order valence-electron chi connectivity index (χ3n) is 3.48. The molecule has 3 N–H and O–H groups in total. The normalized spacial score (nSPS) is 12.0. The third-order valence-corrected chi connectivity index (χ3v) is 4.52. The molecule has 7 heteroatoms. The second-order valence-corrected chi connectivity index (χ2v) is 6.90. The number of halogens is 1. The lowest BCUT2D eigenvalue weighted by Gasteiger charge is -2.07. The van der Waals surface area contributed by atoms with Crippen LogP contribution in [0.4, 0.5) is 5.82 Å². The van der Waals surface area contributed by atoms with Crippen LogP contribution in [0.5, 0.6) is 0 Å². The van der Waals surface area contributed by atoms with Crippen LogP contribution in [0.25, 0.3) is 5.52 Å². The van der Waals surface area contributed by atoms with Crippen LogP contribution in [0.15, 0.2) is 23.6 Å². The van der Waals surface area contributed by atoms with E-state index in [2.05, 4.69) is 33.3 Å². The van der Waals surface area contributed by atoms with Crippen LogP contribution in [-0.2, 0) is 13.0 Å². The zero-order valence-electron chi connectivity index (χ0n) is 13.5. The highest BCUT2D eigenvalue weighted by atomic mass is 35.5. The monoisotopic (exact) mass is 359 g/mol. The Kier molecular flexibility index (Phi) is 5.05. The van der Waals surface area contributed by atoms with Crippen molar-refractivity contribution in [3.63, 3.8) is 0 Å². The number of thiophene rings is 1. The summed E-state index contributed by atoms with van der Waals surface area (Å²) in [5.41, 5.74) is 8.68. The van der Waals surface area contributed by atoms with E-state index in [-0.39, 0.29) is 11.3 Å². The Labute approximate surface area is 149 Å². The van der Waals surface area contributed by atoms with E-state index >= 15 is 0 Å².